The topological polar surface area (TPSA) is 108 Å². The van der Waals surface area contributed by atoms with Gasteiger partial charge in [0.05, 0.1) is 13.2 Å². The number of nitrogens with one attached hydrogen (secondary N) is 1. The van der Waals surface area contributed by atoms with Crippen LogP contribution in [0.25, 0.3) is 0 Å². The molecule has 0 spiro atoms. The highest BCUT2D eigenvalue weighted by Gasteiger charge is 2.16. The number of rotatable bonds is 7. The third kappa shape index (κ3) is 8.99. The number of carboxylic acid groups (broad SMARTS) is 1. The zero-order valence-electron chi connectivity index (χ0n) is 18.3. The Morgan fingerprint density at radius 2 is 2.03 bits per heavy atom. The normalized spacial score (nSPS) is 14.8. The summed E-state index contributed by atoms with van der Waals surface area (Å²) < 4.78 is 5.87. The summed E-state index contributed by atoms with van der Waals surface area (Å²) in [6.07, 6.45) is 1.76. The maximum Gasteiger partial charge on any atom is 0.290 e. The van der Waals surface area contributed by atoms with Gasteiger partial charge in [-0.1, -0.05) is 23.5 Å². The predicted molar refractivity (Wildman–Crippen MR) is 121 cm³/mol. The van der Waals surface area contributed by atoms with E-state index in [-0.39, 0.29) is 12.4 Å². The largest absolute Gasteiger partial charge is 0.493 e. The van der Waals surface area contributed by atoms with Gasteiger partial charge >= 0.3 is 0 Å². The number of nitrogens with zero attached hydrogens (tertiary/aromatic N) is 4. The van der Waals surface area contributed by atoms with Gasteiger partial charge in [0.15, 0.2) is 0 Å². The number of benzene rings is 1. The van der Waals surface area contributed by atoms with E-state index in [1.165, 1.54) is 16.9 Å². The average Bonchev–Trinajstić information content (AvgIpc) is 3.06. The highest BCUT2D eigenvalue weighted by atomic mass is 32.1. The standard InChI is InChI=1S/C20H29N5O2S.CH2O2/c1-15-5-6-16(2)17(13-15)27-12-7-19-22-23-20(28-19)21-18(26)14-25-9-4-8-24(3)10-11-25;2-1-3/h5-6,13H,4,7-12,14H2,1-3H3,(H,21,23,26);1H,(H,2,3). The molecule has 0 bridgehead atoms. The van der Waals surface area contributed by atoms with E-state index in [2.05, 4.69) is 51.4 Å². The molecule has 3 rings (SSSR count). The molecular weight excluding hydrogens is 418 g/mol. The number of carbonyl (C=O) groups is 2. The second-order valence-corrected chi connectivity index (χ2v) is 8.52. The van der Waals surface area contributed by atoms with Crippen LogP contribution in [-0.4, -0.2) is 83.9 Å². The number of anilines is 1. The molecule has 0 radical (unpaired) electrons. The van der Waals surface area contributed by atoms with Crippen molar-refractivity contribution in [2.75, 3.05) is 51.7 Å². The van der Waals surface area contributed by atoms with Gasteiger partial charge < -0.3 is 14.7 Å². The number of aryl methyl sites for hydroxylation is 2. The number of aromatic nitrogens is 2. The summed E-state index contributed by atoms with van der Waals surface area (Å²) in [6.45, 7) is 8.73. The molecule has 1 aromatic heterocycles. The summed E-state index contributed by atoms with van der Waals surface area (Å²) in [5, 5.41) is 19.4. The molecule has 170 valence electrons. The fraction of sp³-hybridized carbons (Fsp3) is 0.524. The number of amides is 1. The smallest absolute Gasteiger partial charge is 0.290 e. The summed E-state index contributed by atoms with van der Waals surface area (Å²) in [5.41, 5.74) is 2.30. The molecule has 0 saturated carbocycles. The molecule has 1 amide bonds. The van der Waals surface area contributed by atoms with Crippen LogP contribution in [0.5, 0.6) is 5.75 Å². The van der Waals surface area contributed by atoms with Crippen LogP contribution in [0.3, 0.4) is 0 Å². The molecule has 1 aromatic carbocycles. The molecule has 0 atom stereocenters. The zero-order valence-corrected chi connectivity index (χ0v) is 19.2. The molecule has 1 aliphatic heterocycles. The number of likely N-dealkylation sites (N-methyl/N-ethyl adjacent to an activating group) is 1. The molecule has 2 aromatic rings. The number of hydrogen-bond donors (Lipinski definition) is 2. The lowest BCUT2D eigenvalue weighted by Crippen LogP contribution is -2.35. The van der Waals surface area contributed by atoms with E-state index < -0.39 is 0 Å². The van der Waals surface area contributed by atoms with Crippen molar-refractivity contribution in [3.63, 3.8) is 0 Å². The SMILES string of the molecule is Cc1ccc(C)c(OCCc2nnc(NC(=O)CN3CCCN(C)CC3)s2)c1.O=CO. The Kier molecular flexibility index (Phi) is 10.3. The Balaban J connectivity index is 0.00000107. The maximum absolute atomic E-state index is 12.3. The van der Waals surface area contributed by atoms with Gasteiger partial charge in [-0.15, -0.1) is 10.2 Å². The van der Waals surface area contributed by atoms with Crippen LogP contribution in [0.2, 0.25) is 0 Å². The third-order valence-corrected chi connectivity index (χ3v) is 5.71. The van der Waals surface area contributed by atoms with E-state index >= 15 is 0 Å². The summed E-state index contributed by atoms with van der Waals surface area (Å²) in [5.74, 6) is 0.875. The van der Waals surface area contributed by atoms with Gasteiger partial charge in [0.1, 0.15) is 10.8 Å². The Hall–Kier alpha value is -2.56. The van der Waals surface area contributed by atoms with Crippen molar-refractivity contribution in [2.24, 2.45) is 0 Å². The molecule has 31 heavy (non-hydrogen) atoms. The Labute approximate surface area is 187 Å². The second kappa shape index (κ2) is 13.0. The summed E-state index contributed by atoms with van der Waals surface area (Å²) in [4.78, 5) is 25.2. The molecule has 10 heteroatoms. The number of hydrogen-bond acceptors (Lipinski definition) is 8. The van der Waals surface area contributed by atoms with E-state index in [1.54, 1.807) is 0 Å². The number of ether oxygens (including phenoxy) is 1. The maximum atomic E-state index is 12.3. The first-order valence-corrected chi connectivity index (χ1v) is 11.0. The minimum absolute atomic E-state index is 0.0288. The van der Waals surface area contributed by atoms with Gasteiger partial charge in [0.25, 0.3) is 6.47 Å². The van der Waals surface area contributed by atoms with E-state index in [0.29, 0.717) is 24.7 Å². The van der Waals surface area contributed by atoms with Crippen molar-refractivity contribution >= 4 is 28.8 Å². The van der Waals surface area contributed by atoms with Gasteiger partial charge in [-0.2, -0.15) is 0 Å². The molecule has 9 nitrogen and oxygen atoms in total. The first-order chi connectivity index (χ1) is 14.9. The van der Waals surface area contributed by atoms with Crippen LogP contribution in [0.15, 0.2) is 18.2 Å². The Bertz CT molecular complexity index is 845. The average molecular weight is 450 g/mol. The van der Waals surface area contributed by atoms with Crippen molar-refractivity contribution in [1.29, 1.82) is 0 Å². The fourth-order valence-electron chi connectivity index (χ4n) is 3.14. The van der Waals surface area contributed by atoms with Gasteiger partial charge in [-0.25, -0.2) is 0 Å². The molecule has 2 heterocycles. The highest BCUT2D eigenvalue weighted by Crippen LogP contribution is 2.20. The van der Waals surface area contributed by atoms with Crippen molar-refractivity contribution in [2.45, 2.75) is 26.7 Å². The fourth-order valence-corrected chi connectivity index (χ4v) is 3.87. The molecular formula is C21H31N5O4S. The van der Waals surface area contributed by atoms with Gasteiger partial charge in [0, 0.05) is 19.5 Å². The predicted octanol–water partition coefficient (Wildman–Crippen LogP) is 2.05. The highest BCUT2D eigenvalue weighted by molar-refractivity contribution is 7.15. The lowest BCUT2D eigenvalue weighted by molar-refractivity contribution is -0.123. The summed E-state index contributed by atoms with van der Waals surface area (Å²) in [6, 6.07) is 6.18. The van der Waals surface area contributed by atoms with E-state index in [4.69, 9.17) is 14.6 Å². The van der Waals surface area contributed by atoms with Crippen molar-refractivity contribution in [3.8, 4) is 5.75 Å². The molecule has 2 N–H and O–H groups in total. The number of carbonyl (C=O) groups excluding carboxylic acids is 1. The van der Waals surface area contributed by atoms with Crippen LogP contribution in [-0.2, 0) is 16.0 Å². The van der Waals surface area contributed by atoms with Gasteiger partial charge in [-0.3, -0.25) is 19.8 Å². The molecule has 0 unspecified atom stereocenters. The minimum Gasteiger partial charge on any atom is -0.493 e. The molecule has 1 saturated heterocycles. The van der Waals surface area contributed by atoms with E-state index in [9.17, 15) is 4.79 Å². The van der Waals surface area contributed by atoms with Crippen molar-refractivity contribution < 1.29 is 19.4 Å². The zero-order chi connectivity index (χ0) is 22.6. The van der Waals surface area contributed by atoms with Crippen LogP contribution >= 0.6 is 11.3 Å². The molecule has 1 aliphatic rings. The van der Waals surface area contributed by atoms with Crippen molar-refractivity contribution in [3.05, 3.63) is 34.3 Å². The third-order valence-electron chi connectivity index (χ3n) is 4.81. The molecule has 0 aliphatic carbocycles. The van der Waals surface area contributed by atoms with Crippen LogP contribution < -0.4 is 10.1 Å². The quantitative estimate of drug-likeness (QED) is 0.619. The molecule has 1 fully saturated rings. The van der Waals surface area contributed by atoms with E-state index in [0.717, 1.165) is 48.9 Å². The lowest BCUT2D eigenvalue weighted by atomic mass is 10.1. The minimum atomic E-state index is -0.250. The van der Waals surface area contributed by atoms with Crippen LogP contribution in [0.4, 0.5) is 5.13 Å². The lowest BCUT2D eigenvalue weighted by Gasteiger charge is -2.18. The summed E-state index contributed by atoms with van der Waals surface area (Å²) in [7, 11) is 2.12. The Morgan fingerprint density at radius 1 is 1.26 bits per heavy atom. The first kappa shape index (κ1) is 24.7. The monoisotopic (exact) mass is 449 g/mol. The van der Waals surface area contributed by atoms with Crippen molar-refractivity contribution in [1.82, 2.24) is 20.0 Å². The van der Waals surface area contributed by atoms with Gasteiger partial charge in [0.2, 0.25) is 11.0 Å². The van der Waals surface area contributed by atoms with Gasteiger partial charge in [-0.05, 0) is 57.6 Å². The summed E-state index contributed by atoms with van der Waals surface area (Å²) >= 11 is 1.41. The first-order valence-electron chi connectivity index (χ1n) is 10.2. The van der Waals surface area contributed by atoms with Crippen LogP contribution in [0, 0.1) is 13.8 Å². The second-order valence-electron chi connectivity index (χ2n) is 7.45. The Morgan fingerprint density at radius 3 is 2.81 bits per heavy atom. The van der Waals surface area contributed by atoms with E-state index in [1.807, 2.05) is 13.0 Å². The van der Waals surface area contributed by atoms with Crippen LogP contribution in [0.1, 0.15) is 22.6 Å².